The monoisotopic (exact) mass is 392 g/mol. The van der Waals surface area contributed by atoms with E-state index in [1.165, 1.54) is 29.2 Å². The SMILES string of the molecule is CN(Cc1ccc(OC(F)(F)F)cc1)C(=O)c1ccc(NC(=O)C2CC2)cc1. The van der Waals surface area contributed by atoms with Crippen LogP contribution in [0.25, 0.3) is 0 Å². The molecule has 148 valence electrons. The van der Waals surface area contributed by atoms with Crippen molar-refractivity contribution in [3.05, 3.63) is 59.7 Å². The minimum atomic E-state index is -4.74. The molecule has 0 bridgehead atoms. The van der Waals surface area contributed by atoms with E-state index in [0.29, 0.717) is 16.8 Å². The highest BCUT2D eigenvalue weighted by atomic mass is 19.4. The second kappa shape index (κ2) is 7.92. The van der Waals surface area contributed by atoms with Gasteiger partial charge in [-0.3, -0.25) is 9.59 Å². The zero-order valence-electron chi connectivity index (χ0n) is 15.1. The van der Waals surface area contributed by atoms with Crippen LogP contribution in [0.15, 0.2) is 48.5 Å². The smallest absolute Gasteiger partial charge is 0.406 e. The Morgan fingerprint density at radius 3 is 2.21 bits per heavy atom. The zero-order chi connectivity index (χ0) is 20.3. The largest absolute Gasteiger partial charge is 0.573 e. The molecule has 2 aromatic carbocycles. The van der Waals surface area contributed by atoms with Crippen LogP contribution in [0.5, 0.6) is 5.75 Å². The zero-order valence-corrected chi connectivity index (χ0v) is 15.1. The number of carbonyl (C=O) groups is 2. The molecule has 0 saturated heterocycles. The molecule has 3 rings (SSSR count). The number of benzene rings is 2. The molecule has 2 aromatic rings. The first kappa shape index (κ1) is 19.7. The molecule has 0 aliphatic heterocycles. The molecule has 1 aliphatic rings. The van der Waals surface area contributed by atoms with Crippen LogP contribution in [0.3, 0.4) is 0 Å². The summed E-state index contributed by atoms with van der Waals surface area (Å²) in [7, 11) is 1.60. The van der Waals surface area contributed by atoms with Crippen LogP contribution in [0.2, 0.25) is 0 Å². The number of nitrogens with zero attached hydrogens (tertiary/aromatic N) is 1. The van der Waals surface area contributed by atoms with Crippen molar-refractivity contribution in [3.8, 4) is 5.75 Å². The molecular weight excluding hydrogens is 373 g/mol. The predicted octanol–water partition coefficient (Wildman–Crippen LogP) is 4.21. The van der Waals surface area contributed by atoms with Crippen LogP contribution >= 0.6 is 0 Å². The summed E-state index contributed by atoms with van der Waals surface area (Å²) in [6.07, 6.45) is -2.91. The normalized spacial score (nSPS) is 13.7. The number of hydrogen-bond donors (Lipinski definition) is 1. The first-order valence-electron chi connectivity index (χ1n) is 8.72. The number of amides is 2. The highest BCUT2D eigenvalue weighted by Crippen LogP contribution is 2.30. The van der Waals surface area contributed by atoms with Crippen molar-refractivity contribution in [2.45, 2.75) is 25.7 Å². The number of alkyl halides is 3. The lowest BCUT2D eigenvalue weighted by Crippen LogP contribution is -2.26. The van der Waals surface area contributed by atoms with E-state index in [-0.39, 0.29) is 30.0 Å². The first-order chi connectivity index (χ1) is 13.2. The number of ether oxygens (including phenoxy) is 1. The van der Waals surface area contributed by atoms with Gasteiger partial charge in [0.05, 0.1) is 0 Å². The molecule has 0 aromatic heterocycles. The summed E-state index contributed by atoms with van der Waals surface area (Å²) >= 11 is 0. The van der Waals surface area contributed by atoms with Gasteiger partial charge < -0.3 is 15.0 Å². The van der Waals surface area contributed by atoms with Crippen molar-refractivity contribution < 1.29 is 27.5 Å². The molecule has 5 nitrogen and oxygen atoms in total. The van der Waals surface area contributed by atoms with Gasteiger partial charge in [-0.1, -0.05) is 12.1 Å². The van der Waals surface area contributed by atoms with E-state index in [1.54, 1.807) is 31.3 Å². The maximum atomic E-state index is 12.5. The van der Waals surface area contributed by atoms with Crippen LogP contribution in [-0.2, 0) is 11.3 Å². The van der Waals surface area contributed by atoms with E-state index in [9.17, 15) is 22.8 Å². The van der Waals surface area contributed by atoms with Gasteiger partial charge in [0.1, 0.15) is 5.75 Å². The molecule has 0 spiro atoms. The lowest BCUT2D eigenvalue weighted by molar-refractivity contribution is -0.274. The Balaban J connectivity index is 1.57. The van der Waals surface area contributed by atoms with Crippen molar-refractivity contribution >= 4 is 17.5 Å². The van der Waals surface area contributed by atoms with E-state index < -0.39 is 6.36 Å². The Kier molecular flexibility index (Phi) is 5.58. The van der Waals surface area contributed by atoms with Crippen LogP contribution in [0.4, 0.5) is 18.9 Å². The molecule has 1 fully saturated rings. The molecular formula is C20H19F3N2O3. The van der Waals surface area contributed by atoms with Crippen molar-refractivity contribution in [1.29, 1.82) is 0 Å². The predicted molar refractivity (Wildman–Crippen MR) is 96.7 cm³/mol. The summed E-state index contributed by atoms with van der Waals surface area (Å²) < 4.78 is 40.4. The molecule has 1 N–H and O–H groups in total. The van der Waals surface area contributed by atoms with E-state index in [1.807, 2.05) is 0 Å². The Bertz CT molecular complexity index is 844. The summed E-state index contributed by atoms with van der Waals surface area (Å²) in [6.45, 7) is 0.227. The second-order valence-corrected chi connectivity index (χ2v) is 6.69. The van der Waals surface area contributed by atoms with Crippen LogP contribution < -0.4 is 10.1 Å². The van der Waals surface area contributed by atoms with Gasteiger partial charge in [0.15, 0.2) is 0 Å². The maximum Gasteiger partial charge on any atom is 0.573 e. The standard InChI is InChI=1S/C20H19F3N2O3/c1-25(12-13-2-10-17(11-3-13)28-20(21,22)23)19(27)15-6-8-16(9-7-15)24-18(26)14-4-5-14/h2-3,6-11,14H,4-5,12H2,1H3,(H,24,26). The Morgan fingerprint density at radius 2 is 1.68 bits per heavy atom. The molecule has 0 radical (unpaired) electrons. The number of carbonyl (C=O) groups excluding carboxylic acids is 2. The lowest BCUT2D eigenvalue weighted by Gasteiger charge is -2.18. The number of hydrogen-bond acceptors (Lipinski definition) is 3. The van der Waals surface area contributed by atoms with Gasteiger partial charge >= 0.3 is 6.36 Å². The van der Waals surface area contributed by atoms with Gasteiger partial charge in [-0.2, -0.15) is 0 Å². The third kappa shape index (κ3) is 5.48. The summed E-state index contributed by atoms with van der Waals surface area (Å²) in [5, 5.41) is 2.80. The van der Waals surface area contributed by atoms with Crippen LogP contribution in [-0.4, -0.2) is 30.1 Å². The van der Waals surface area contributed by atoms with Crippen molar-refractivity contribution in [2.75, 3.05) is 12.4 Å². The van der Waals surface area contributed by atoms with Gasteiger partial charge in [-0.05, 0) is 54.8 Å². The second-order valence-electron chi connectivity index (χ2n) is 6.69. The van der Waals surface area contributed by atoms with Gasteiger partial charge in [-0.15, -0.1) is 13.2 Å². The molecule has 1 saturated carbocycles. The number of nitrogens with one attached hydrogen (secondary N) is 1. The van der Waals surface area contributed by atoms with Gasteiger partial charge in [0, 0.05) is 30.8 Å². The molecule has 2 amide bonds. The molecule has 0 atom stereocenters. The fourth-order valence-corrected chi connectivity index (χ4v) is 2.65. The third-order valence-corrected chi connectivity index (χ3v) is 4.27. The fourth-order valence-electron chi connectivity index (χ4n) is 2.65. The van der Waals surface area contributed by atoms with E-state index in [0.717, 1.165) is 12.8 Å². The van der Waals surface area contributed by atoms with E-state index in [2.05, 4.69) is 10.1 Å². The molecule has 1 aliphatic carbocycles. The van der Waals surface area contributed by atoms with Gasteiger partial charge in [0.25, 0.3) is 5.91 Å². The van der Waals surface area contributed by atoms with E-state index >= 15 is 0 Å². The Morgan fingerprint density at radius 1 is 1.07 bits per heavy atom. The minimum absolute atomic E-state index is 0.00542. The molecule has 28 heavy (non-hydrogen) atoms. The third-order valence-electron chi connectivity index (χ3n) is 4.27. The minimum Gasteiger partial charge on any atom is -0.406 e. The first-order valence-corrected chi connectivity index (χ1v) is 8.72. The van der Waals surface area contributed by atoms with Gasteiger partial charge in [0.2, 0.25) is 5.91 Å². The topological polar surface area (TPSA) is 58.6 Å². The Hall–Kier alpha value is -3.03. The fraction of sp³-hybridized carbons (Fsp3) is 0.300. The summed E-state index contributed by atoms with van der Waals surface area (Å²) in [4.78, 5) is 25.7. The van der Waals surface area contributed by atoms with Crippen molar-refractivity contribution in [2.24, 2.45) is 5.92 Å². The highest BCUT2D eigenvalue weighted by Gasteiger charge is 2.31. The molecule has 0 heterocycles. The van der Waals surface area contributed by atoms with Gasteiger partial charge in [-0.25, -0.2) is 0 Å². The van der Waals surface area contributed by atoms with Crippen LogP contribution in [0.1, 0.15) is 28.8 Å². The van der Waals surface area contributed by atoms with Crippen molar-refractivity contribution in [3.63, 3.8) is 0 Å². The number of anilines is 1. The summed E-state index contributed by atoms with van der Waals surface area (Å²) in [5.41, 5.74) is 1.75. The average molecular weight is 392 g/mol. The highest BCUT2D eigenvalue weighted by molar-refractivity contribution is 5.96. The average Bonchev–Trinajstić information content (AvgIpc) is 3.47. The van der Waals surface area contributed by atoms with E-state index in [4.69, 9.17) is 0 Å². The maximum absolute atomic E-state index is 12.5. The quantitative estimate of drug-likeness (QED) is 0.801. The molecule has 0 unspecified atom stereocenters. The Labute approximate surface area is 160 Å². The number of rotatable bonds is 6. The van der Waals surface area contributed by atoms with Crippen molar-refractivity contribution in [1.82, 2.24) is 4.90 Å². The summed E-state index contributed by atoms with van der Waals surface area (Å²) in [5.74, 6) is -0.459. The van der Waals surface area contributed by atoms with Crippen LogP contribution in [0, 0.1) is 5.92 Å². The number of halogens is 3. The summed E-state index contributed by atoms with van der Waals surface area (Å²) in [6, 6.07) is 12.0. The lowest BCUT2D eigenvalue weighted by atomic mass is 10.1. The molecule has 8 heteroatoms.